The number of fused-ring (bicyclic) bond motifs is 6. The molecule has 0 atom stereocenters. The van der Waals surface area contributed by atoms with Crippen LogP contribution in [0.5, 0.6) is 0 Å². The molecular formula is C45H32. The van der Waals surface area contributed by atoms with E-state index in [9.17, 15) is 0 Å². The topological polar surface area (TPSA) is 0 Å². The van der Waals surface area contributed by atoms with Gasteiger partial charge in [0.15, 0.2) is 0 Å². The molecule has 9 rings (SSSR count). The van der Waals surface area contributed by atoms with Gasteiger partial charge in [0.1, 0.15) is 0 Å². The van der Waals surface area contributed by atoms with Gasteiger partial charge in [0, 0.05) is 5.41 Å². The van der Waals surface area contributed by atoms with Crippen molar-refractivity contribution in [2.75, 3.05) is 0 Å². The molecule has 212 valence electrons. The Balaban J connectivity index is 1.46. The Labute approximate surface area is 264 Å². The van der Waals surface area contributed by atoms with Crippen molar-refractivity contribution in [3.63, 3.8) is 0 Å². The lowest BCUT2D eigenvalue weighted by Gasteiger charge is -2.23. The summed E-state index contributed by atoms with van der Waals surface area (Å²) in [6.45, 7) is 4.74. The van der Waals surface area contributed by atoms with Crippen molar-refractivity contribution in [2.24, 2.45) is 0 Å². The normalized spacial score (nSPS) is 13.3. The molecule has 0 spiro atoms. The average Bonchev–Trinajstić information content (AvgIpc) is 3.33. The zero-order chi connectivity index (χ0) is 30.1. The molecule has 0 saturated carbocycles. The summed E-state index contributed by atoms with van der Waals surface area (Å²) in [7, 11) is 0. The second-order valence-corrected chi connectivity index (χ2v) is 12.8. The average molecular weight is 573 g/mol. The number of rotatable bonds is 3. The molecule has 0 heterocycles. The molecule has 0 bridgehead atoms. The highest BCUT2D eigenvalue weighted by atomic mass is 14.4. The lowest BCUT2D eigenvalue weighted by atomic mass is 9.80. The fourth-order valence-electron chi connectivity index (χ4n) is 7.99. The highest BCUT2D eigenvalue weighted by Gasteiger charge is 2.37. The van der Waals surface area contributed by atoms with Crippen molar-refractivity contribution >= 4 is 32.3 Å². The van der Waals surface area contributed by atoms with E-state index in [4.69, 9.17) is 0 Å². The third kappa shape index (κ3) is 3.79. The second-order valence-electron chi connectivity index (χ2n) is 12.8. The van der Waals surface area contributed by atoms with Gasteiger partial charge in [-0.15, -0.1) is 0 Å². The first kappa shape index (κ1) is 26.0. The molecule has 0 aromatic heterocycles. The van der Waals surface area contributed by atoms with Gasteiger partial charge in [-0.1, -0.05) is 166 Å². The van der Waals surface area contributed by atoms with Gasteiger partial charge in [-0.25, -0.2) is 0 Å². The van der Waals surface area contributed by atoms with E-state index in [1.54, 1.807) is 0 Å². The molecule has 0 aliphatic heterocycles. The van der Waals surface area contributed by atoms with E-state index >= 15 is 0 Å². The molecule has 8 aromatic carbocycles. The molecule has 45 heavy (non-hydrogen) atoms. The van der Waals surface area contributed by atoms with Gasteiger partial charge < -0.3 is 0 Å². The first-order chi connectivity index (χ1) is 22.1. The van der Waals surface area contributed by atoms with Crippen LogP contribution in [0.3, 0.4) is 0 Å². The third-order valence-corrected chi connectivity index (χ3v) is 10.1. The molecule has 0 unspecified atom stereocenters. The minimum Gasteiger partial charge on any atom is -0.0622 e. The summed E-state index contributed by atoms with van der Waals surface area (Å²) in [5.41, 5.74) is 13.1. The van der Waals surface area contributed by atoms with Crippen molar-refractivity contribution in [1.82, 2.24) is 0 Å². The van der Waals surface area contributed by atoms with Gasteiger partial charge in [0.2, 0.25) is 0 Å². The molecule has 0 amide bonds. The monoisotopic (exact) mass is 572 g/mol. The summed E-state index contributed by atoms with van der Waals surface area (Å²) in [5.74, 6) is 0. The molecular weight excluding hydrogens is 540 g/mol. The van der Waals surface area contributed by atoms with Crippen LogP contribution in [-0.4, -0.2) is 0 Å². The van der Waals surface area contributed by atoms with Crippen LogP contribution in [0, 0.1) is 0 Å². The Morgan fingerprint density at radius 2 is 0.911 bits per heavy atom. The first-order valence-corrected chi connectivity index (χ1v) is 15.9. The second kappa shape index (κ2) is 9.78. The van der Waals surface area contributed by atoms with Crippen molar-refractivity contribution in [1.29, 1.82) is 0 Å². The summed E-state index contributed by atoms with van der Waals surface area (Å²) in [6.07, 6.45) is 0. The lowest BCUT2D eigenvalue weighted by Crippen LogP contribution is -2.14. The fourth-order valence-corrected chi connectivity index (χ4v) is 7.99. The maximum Gasteiger partial charge on any atom is 0.0159 e. The predicted octanol–water partition coefficient (Wildman–Crippen LogP) is 12.5. The summed E-state index contributed by atoms with van der Waals surface area (Å²) >= 11 is 0. The van der Waals surface area contributed by atoms with E-state index in [0.717, 1.165) is 0 Å². The van der Waals surface area contributed by atoms with Crippen LogP contribution in [0.15, 0.2) is 158 Å². The van der Waals surface area contributed by atoms with Gasteiger partial charge in [-0.2, -0.15) is 0 Å². The van der Waals surface area contributed by atoms with E-state index in [2.05, 4.69) is 172 Å². The van der Waals surface area contributed by atoms with E-state index in [1.807, 2.05) is 0 Å². The summed E-state index contributed by atoms with van der Waals surface area (Å²) in [6, 6.07) is 58.4. The van der Waals surface area contributed by atoms with Gasteiger partial charge >= 0.3 is 0 Å². The molecule has 8 aromatic rings. The predicted molar refractivity (Wildman–Crippen MR) is 193 cm³/mol. The van der Waals surface area contributed by atoms with Crippen molar-refractivity contribution in [3.8, 4) is 44.5 Å². The van der Waals surface area contributed by atoms with E-state index in [1.165, 1.54) is 88.0 Å². The van der Waals surface area contributed by atoms with E-state index in [0.29, 0.717) is 0 Å². The fraction of sp³-hybridized carbons (Fsp3) is 0.0667. The summed E-state index contributed by atoms with van der Waals surface area (Å²) < 4.78 is 0. The minimum atomic E-state index is -0.0639. The third-order valence-electron chi connectivity index (χ3n) is 10.1. The zero-order valence-electron chi connectivity index (χ0n) is 25.5. The molecule has 0 fully saturated rings. The molecule has 0 radical (unpaired) electrons. The Hall–Kier alpha value is -5.46. The maximum absolute atomic E-state index is 2.46. The summed E-state index contributed by atoms with van der Waals surface area (Å²) in [5, 5.41) is 7.68. The van der Waals surface area contributed by atoms with E-state index < -0.39 is 0 Å². The smallest absolute Gasteiger partial charge is 0.0159 e. The Bertz CT molecular complexity index is 2440. The van der Waals surface area contributed by atoms with Gasteiger partial charge in [0.25, 0.3) is 0 Å². The summed E-state index contributed by atoms with van der Waals surface area (Å²) in [4.78, 5) is 0. The minimum absolute atomic E-state index is 0.0639. The van der Waals surface area contributed by atoms with Crippen LogP contribution in [-0.2, 0) is 5.41 Å². The first-order valence-electron chi connectivity index (χ1n) is 15.9. The van der Waals surface area contributed by atoms with E-state index in [-0.39, 0.29) is 5.41 Å². The Morgan fingerprint density at radius 1 is 0.333 bits per heavy atom. The van der Waals surface area contributed by atoms with Crippen molar-refractivity contribution in [3.05, 3.63) is 169 Å². The van der Waals surface area contributed by atoms with Crippen LogP contribution in [0.4, 0.5) is 0 Å². The number of hydrogen-bond acceptors (Lipinski definition) is 0. The number of hydrogen-bond donors (Lipinski definition) is 0. The Kier molecular flexibility index (Phi) is 5.64. The van der Waals surface area contributed by atoms with Crippen LogP contribution < -0.4 is 0 Å². The molecule has 0 N–H and O–H groups in total. The Morgan fingerprint density at radius 3 is 1.76 bits per heavy atom. The molecule has 1 aliphatic carbocycles. The largest absolute Gasteiger partial charge is 0.0622 e. The zero-order valence-corrected chi connectivity index (χ0v) is 25.5. The van der Waals surface area contributed by atoms with Gasteiger partial charge in [0.05, 0.1) is 0 Å². The van der Waals surface area contributed by atoms with Crippen molar-refractivity contribution < 1.29 is 0 Å². The molecule has 0 heteroatoms. The molecule has 0 saturated heterocycles. The van der Waals surface area contributed by atoms with Gasteiger partial charge in [-0.3, -0.25) is 0 Å². The van der Waals surface area contributed by atoms with Crippen LogP contribution in [0.2, 0.25) is 0 Å². The van der Waals surface area contributed by atoms with Gasteiger partial charge in [-0.05, 0) is 94.0 Å². The highest BCUT2D eigenvalue weighted by Crippen LogP contribution is 2.54. The van der Waals surface area contributed by atoms with Crippen LogP contribution in [0.1, 0.15) is 25.0 Å². The maximum atomic E-state index is 2.46. The standard InChI is InChI=1S/C45H32/c1-45(2)40-24-11-10-21-37(40)44-38(23-13-25-41(44)45)43-35-20-9-8-19-34(35)42(30-15-4-3-5-16-30)36-27-26-31(28-39(36)43)33-22-12-17-29-14-6-7-18-32(29)33/h3-28H,1-2H3. The number of benzene rings is 8. The quantitative estimate of drug-likeness (QED) is 0.185. The van der Waals surface area contributed by atoms with Crippen LogP contribution in [0.25, 0.3) is 76.8 Å². The molecule has 1 aliphatic rings. The SMILES string of the molecule is CC1(C)c2ccccc2-c2c(-c3c4ccccc4c(-c4ccccc4)c4ccc(-c5cccc6ccccc56)cc34)cccc21. The van der Waals surface area contributed by atoms with Crippen LogP contribution >= 0.6 is 0 Å². The van der Waals surface area contributed by atoms with Crippen molar-refractivity contribution in [2.45, 2.75) is 19.3 Å². The molecule has 0 nitrogen and oxygen atoms in total. The highest BCUT2D eigenvalue weighted by molar-refractivity contribution is 6.23. The lowest BCUT2D eigenvalue weighted by molar-refractivity contribution is 0.660.